The maximum Gasteiger partial charge on any atom is 0.251 e. The molecule has 2 N–H and O–H groups in total. The van der Waals surface area contributed by atoms with Gasteiger partial charge in [-0.15, -0.1) is 0 Å². The normalized spacial score (nSPS) is 16.1. The summed E-state index contributed by atoms with van der Waals surface area (Å²) in [5.41, 5.74) is 7.64. The molecule has 5 nitrogen and oxygen atoms in total. The number of hydrogen-bond acceptors (Lipinski definition) is 3. The number of hydrogen-bond donors (Lipinski definition) is 1. The van der Waals surface area contributed by atoms with Crippen LogP contribution in [0.25, 0.3) is 6.08 Å². The number of para-hydroxylation sites is 1. The van der Waals surface area contributed by atoms with Crippen LogP contribution in [0.4, 0.5) is 10.1 Å². The lowest BCUT2D eigenvalue weighted by Crippen LogP contribution is -2.45. The molecule has 2 amide bonds. The Labute approximate surface area is 144 Å². The van der Waals surface area contributed by atoms with E-state index in [0.717, 1.165) is 5.56 Å². The molecule has 1 atom stereocenters. The SMILES string of the molecule is COc1cc(/C=C\C(=O)N2c3ccccc3C[C@H]2C(N)=O)ccc1F. The highest BCUT2D eigenvalue weighted by molar-refractivity contribution is 6.09. The molecule has 128 valence electrons. The molecule has 0 fully saturated rings. The third-order valence-electron chi connectivity index (χ3n) is 4.14. The van der Waals surface area contributed by atoms with Gasteiger partial charge in [0.2, 0.25) is 5.91 Å². The minimum atomic E-state index is -0.711. The number of rotatable bonds is 4. The number of ether oxygens (including phenoxy) is 1. The van der Waals surface area contributed by atoms with Gasteiger partial charge < -0.3 is 10.5 Å². The van der Waals surface area contributed by atoms with Crippen molar-refractivity contribution in [2.24, 2.45) is 5.73 Å². The average Bonchev–Trinajstić information content (AvgIpc) is 3.00. The first kappa shape index (κ1) is 16.7. The molecule has 0 aliphatic carbocycles. The predicted molar refractivity (Wildman–Crippen MR) is 92.6 cm³/mol. The summed E-state index contributed by atoms with van der Waals surface area (Å²) in [7, 11) is 1.37. The van der Waals surface area contributed by atoms with E-state index in [1.807, 2.05) is 12.1 Å². The molecule has 6 heteroatoms. The van der Waals surface area contributed by atoms with Gasteiger partial charge in [-0.25, -0.2) is 4.39 Å². The molecule has 0 bridgehead atoms. The third kappa shape index (κ3) is 3.24. The Bertz CT molecular complexity index is 863. The van der Waals surface area contributed by atoms with E-state index < -0.39 is 17.8 Å². The van der Waals surface area contributed by atoms with E-state index >= 15 is 0 Å². The fourth-order valence-corrected chi connectivity index (χ4v) is 2.91. The van der Waals surface area contributed by atoms with Gasteiger partial charge in [-0.05, 0) is 35.4 Å². The molecule has 2 aromatic carbocycles. The summed E-state index contributed by atoms with van der Waals surface area (Å²) in [6.45, 7) is 0. The van der Waals surface area contributed by atoms with E-state index in [2.05, 4.69) is 0 Å². The predicted octanol–water partition coefficient (Wildman–Crippen LogP) is 2.29. The van der Waals surface area contributed by atoms with Crippen LogP contribution in [0.15, 0.2) is 48.5 Å². The van der Waals surface area contributed by atoms with Crippen LogP contribution >= 0.6 is 0 Å². The van der Waals surface area contributed by atoms with Gasteiger partial charge in [0.05, 0.1) is 7.11 Å². The molecule has 0 saturated heterocycles. The zero-order valence-corrected chi connectivity index (χ0v) is 13.6. The number of carbonyl (C=O) groups excluding carboxylic acids is 2. The van der Waals surface area contributed by atoms with Crippen molar-refractivity contribution >= 4 is 23.6 Å². The largest absolute Gasteiger partial charge is 0.494 e. The molecule has 25 heavy (non-hydrogen) atoms. The molecular weight excluding hydrogens is 323 g/mol. The zero-order valence-electron chi connectivity index (χ0n) is 13.6. The number of anilines is 1. The first-order chi connectivity index (χ1) is 12.0. The summed E-state index contributed by atoms with van der Waals surface area (Å²) >= 11 is 0. The van der Waals surface area contributed by atoms with E-state index in [1.54, 1.807) is 18.2 Å². The van der Waals surface area contributed by atoms with Crippen LogP contribution in [0.5, 0.6) is 5.75 Å². The zero-order chi connectivity index (χ0) is 18.0. The highest BCUT2D eigenvalue weighted by atomic mass is 19.1. The van der Waals surface area contributed by atoms with Crippen molar-refractivity contribution in [3.8, 4) is 5.75 Å². The van der Waals surface area contributed by atoms with Crippen LogP contribution in [0.2, 0.25) is 0 Å². The van der Waals surface area contributed by atoms with Crippen molar-refractivity contribution in [1.82, 2.24) is 0 Å². The van der Waals surface area contributed by atoms with Gasteiger partial charge in [-0.2, -0.15) is 0 Å². The maximum atomic E-state index is 13.4. The summed E-state index contributed by atoms with van der Waals surface area (Å²) in [5.74, 6) is -1.30. The highest BCUT2D eigenvalue weighted by Crippen LogP contribution is 2.32. The molecule has 0 spiro atoms. The minimum Gasteiger partial charge on any atom is -0.494 e. The quantitative estimate of drug-likeness (QED) is 0.868. The van der Waals surface area contributed by atoms with Crippen LogP contribution in [-0.2, 0) is 16.0 Å². The summed E-state index contributed by atoms with van der Waals surface area (Å²) in [4.78, 5) is 25.8. The number of methoxy groups -OCH3 is 1. The topological polar surface area (TPSA) is 72.6 Å². The van der Waals surface area contributed by atoms with Crippen LogP contribution in [0, 0.1) is 5.82 Å². The fraction of sp³-hybridized carbons (Fsp3) is 0.158. The lowest BCUT2D eigenvalue weighted by atomic mass is 10.1. The molecule has 1 aliphatic heterocycles. The van der Waals surface area contributed by atoms with Crippen molar-refractivity contribution < 1.29 is 18.7 Å². The lowest BCUT2D eigenvalue weighted by molar-refractivity contribution is -0.122. The summed E-state index contributed by atoms with van der Waals surface area (Å²) < 4.78 is 18.4. The number of amides is 2. The van der Waals surface area contributed by atoms with Gasteiger partial charge in [0, 0.05) is 18.2 Å². The molecule has 2 aromatic rings. The Morgan fingerprint density at radius 2 is 2.04 bits per heavy atom. The first-order valence-electron chi connectivity index (χ1n) is 7.73. The minimum absolute atomic E-state index is 0.0936. The standard InChI is InChI=1S/C19H17FN2O3/c1-25-17-10-12(6-8-14(17)20)7-9-18(23)22-15-5-3-2-4-13(15)11-16(22)19(21)24/h2-10,16H,11H2,1H3,(H2,21,24)/b9-7-/t16-/m0/s1. The molecule has 1 aliphatic rings. The van der Waals surface area contributed by atoms with Crippen molar-refractivity contribution in [1.29, 1.82) is 0 Å². The molecule has 0 unspecified atom stereocenters. The molecule has 0 aromatic heterocycles. The van der Waals surface area contributed by atoms with Crippen LogP contribution in [0.3, 0.4) is 0 Å². The number of primary amides is 1. The maximum absolute atomic E-state index is 13.4. The number of benzene rings is 2. The monoisotopic (exact) mass is 340 g/mol. The average molecular weight is 340 g/mol. The second-order valence-corrected chi connectivity index (χ2v) is 5.69. The van der Waals surface area contributed by atoms with Gasteiger partial charge in [0.1, 0.15) is 6.04 Å². The van der Waals surface area contributed by atoms with Crippen molar-refractivity contribution in [3.63, 3.8) is 0 Å². The number of fused-ring (bicyclic) bond motifs is 1. The van der Waals surface area contributed by atoms with Crippen molar-refractivity contribution in [3.05, 3.63) is 65.5 Å². The van der Waals surface area contributed by atoms with Gasteiger partial charge in [-0.3, -0.25) is 14.5 Å². The van der Waals surface area contributed by atoms with E-state index in [4.69, 9.17) is 10.5 Å². The van der Waals surface area contributed by atoms with Gasteiger partial charge in [-0.1, -0.05) is 24.3 Å². The summed E-state index contributed by atoms with van der Waals surface area (Å²) in [6, 6.07) is 10.9. The Hall–Kier alpha value is -3.15. The number of carbonyl (C=O) groups is 2. The van der Waals surface area contributed by atoms with Gasteiger partial charge >= 0.3 is 0 Å². The van der Waals surface area contributed by atoms with Crippen molar-refractivity contribution in [2.75, 3.05) is 12.0 Å². The Morgan fingerprint density at radius 3 is 2.76 bits per heavy atom. The number of nitrogens with two attached hydrogens (primary N) is 1. The Morgan fingerprint density at radius 1 is 1.28 bits per heavy atom. The number of halogens is 1. The molecule has 3 rings (SSSR count). The number of nitrogens with zero attached hydrogens (tertiary/aromatic N) is 1. The van der Waals surface area contributed by atoms with E-state index in [0.29, 0.717) is 17.7 Å². The second kappa shape index (κ2) is 6.76. The van der Waals surface area contributed by atoms with Crippen molar-refractivity contribution in [2.45, 2.75) is 12.5 Å². The van der Waals surface area contributed by atoms with E-state index in [-0.39, 0.29) is 11.7 Å². The highest BCUT2D eigenvalue weighted by Gasteiger charge is 2.36. The van der Waals surface area contributed by atoms with E-state index in [1.165, 1.54) is 36.3 Å². The Balaban J connectivity index is 1.87. The third-order valence-corrected chi connectivity index (χ3v) is 4.14. The lowest BCUT2D eigenvalue weighted by Gasteiger charge is -2.21. The molecule has 0 saturated carbocycles. The summed E-state index contributed by atoms with van der Waals surface area (Å²) in [5, 5.41) is 0. The van der Waals surface area contributed by atoms with Crippen LogP contribution < -0.4 is 15.4 Å². The summed E-state index contributed by atoms with van der Waals surface area (Å²) in [6.07, 6.45) is 3.28. The second-order valence-electron chi connectivity index (χ2n) is 5.69. The van der Waals surface area contributed by atoms with Gasteiger partial charge in [0.25, 0.3) is 5.91 Å². The van der Waals surface area contributed by atoms with Gasteiger partial charge in [0.15, 0.2) is 11.6 Å². The molecular formula is C19H17FN2O3. The van der Waals surface area contributed by atoms with Crippen LogP contribution in [-0.4, -0.2) is 25.0 Å². The Kier molecular flexibility index (Phi) is 4.52. The molecule has 0 radical (unpaired) electrons. The smallest absolute Gasteiger partial charge is 0.251 e. The first-order valence-corrected chi connectivity index (χ1v) is 7.73. The van der Waals surface area contributed by atoms with E-state index in [9.17, 15) is 14.0 Å². The molecule has 1 heterocycles. The fourth-order valence-electron chi connectivity index (χ4n) is 2.91. The van der Waals surface area contributed by atoms with Crippen LogP contribution in [0.1, 0.15) is 11.1 Å².